The van der Waals surface area contributed by atoms with Crippen LogP contribution in [0.1, 0.15) is 48.2 Å². The Hall–Kier alpha value is -1.72. The zero-order chi connectivity index (χ0) is 16.6. The van der Waals surface area contributed by atoms with Crippen molar-refractivity contribution in [2.45, 2.75) is 43.7 Å². The molecule has 0 radical (unpaired) electrons. The van der Waals surface area contributed by atoms with Crippen LogP contribution in [0.25, 0.3) is 0 Å². The fraction of sp³-hybridized carbons (Fsp3) is 0.474. The summed E-state index contributed by atoms with van der Waals surface area (Å²) in [5.74, 6) is 0.119. The molecule has 1 saturated heterocycles. The highest BCUT2D eigenvalue weighted by molar-refractivity contribution is 7.07. The van der Waals surface area contributed by atoms with Crippen molar-refractivity contribution >= 4 is 17.2 Å². The van der Waals surface area contributed by atoms with Gasteiger partial charge < -0.3 is 10.0 Å². The minimum absolute atomic E-state index is 0.0169. The first-order valence-electron chi connectivity index (χ1n) is 8.67. The van der Waals surface area contributed by atoms with Crippen LogP contribution in [0.15, 0.2) is 41.2 Å². The zero-order valence-corrected chi connectivity index (χ0v) is 14.4. The molecular weight excluding hydrogens is 320 g/mol. The van der Waals surface area contributed by atoms with Crippen molar-refractivity contribution in [3.63, 3.8) is 0 Å². The highest BCUT2D eigenvalue weighted by atomic mass is 32.1. The number of aromatic nitrogens is 1. The smallest absolute Gasteiger partial charge is 0.273 e. The summed E-state index contributed by atoms with van der Waals surface area (Å²) in [6, 6.07) is 10.1. The molecule has 3 atom stereocenters. The second-order valence-corrected chi connectivity index (χ2v) is 7.59. The van der Waals surface area contributed by atoms with E-state index in [-0.39, 0.29) is 17.9 Å². The van der Waals surface area contributed by atoms with Gasteiger partial charge in [0.25, 0.3) is 5.91 Å². The van der Waals surface area contributed by atoms with Gasteiger partial charge >= 0.3 is 0 Å². The first-order chi connectivity index (χ1) is 11.7. The lowest BCUT2D eigenvalue weighted by Gasteiger charge is -2.52. The molecule has 1 amide bonds. The Balaban J connectivity index is 1.66. The third-order valence-corrected chi connectivity index (χ3v) is 6.25. The molecule has 0 bridgehead atoms. The second kappa shape index (κ2) is 6.30. The molecule has 2 aromatic rings. The lowest BCUT2D eigenvalue weighted by Crippen LogP contribution is -2.59. The second-order valence-electron chi connectivity index (χ2n) is 6.87. The molecule has 126 valence electrons. The number of likely N-dealkylation sites (tertiary alicyclic amines) is 1. The fourth-order valence-electron chi connectivity index (χ4n) is 4.49. The van der Waals surface area contributed by atoms with Gasteiger partial charge in [-0.3, -0.25) is 4.79 Å². The third-order valence-electron chi connectivity index (χ3n) is 5.66. The number of fused-ring (bicyclic) bond motifs is 1. The van der Waals surface area contributed by atoms with E-state index in [2.05, 4.69) is 4.98 Å². The maximum atomic E-state index is 12.9. The molecule has 1 aliphatic carbocycles. The maximum absolute atomic E-state index is 12.9. The molecule has 1 saturated carbocycles. The molecule has 4 nitrogen and oxygen atoms in total. The molecule has 1 aromatic carbocycles. The van der Waals surface area contributed by atoms with Crippen molar-refractivity contribution < 1.29 is 9.90 Å². The predicted molar refractivity (Wildman–Crippen MR) is 93.9 cm³/mol. The summed E-state index contributed by atoms with van der Waals surface area (Å²) >= 11 is 1.45. The molecule has 2 fully saturated rings. The van der Waals surface area contributed by atoms with Crippen LogP contribution in [-0.4, -0.2) is 33.5 Å². The molecule has 5 heteroatoms. The molecule has 2 aliphatic rings. The largest absolute Gasteiger partial charge is 0.385 e. The molecule has 24 heavy (non-hydrogen) atoms. The van der Waals surface area contributed by atoms with Crippen LogP contribution in [-0.2, 0) is 5.60 Å². The Labute approximate surface area is 146 Å². The number of nitrogens with zero attached hydrogens (tertiary/aromatic N) is 2. The predicted octanol–water partition coefficient (Wildman–Crippen LogP) is 3.44. The first kappa shape index (κ1) is 15.8. The quantitative estimate of drug-likeness (QED) is 0.910. The van der Waals surface area contributed by atoms with Gasteiger partial charge in [0.05, 0.1) is 11.1 Å². The monoisotopic (exact) mass is 342 g/mol. The standard InChI is InChI=1S/C19H22N2O2S/c22-18(16-12-24-13-20-16)21-11-10-19(23,14-6-2-1-3-7-14)15-8-4-5-9-17(15)21/h1-3,6-7,12-13,15,17,23H,4-5,8-11H2/t15-,17+,19-/m1/s1. The molecule has 0 unspecified atom stereocenters. The minimum Gasteiger partial charge on any atom is -0.385 e. The number of hydrogen-bond donors (Lipinski definition) is 1. The first-order valence-corrected chi connectivity index (χ1v) is 9.61. The summed E-state index contributed by atoms with van der Waals surface area (Å²) in [6.07, 6.45) is 4.77. The SMILES string of the molecule is O=C(c1cscn1)N1CC[C@@](O)(c2ccccc2)[C@@H]2CCCC[C@@H]21. The zero-order valence-electron chi connectivity index (χ0n) is 13.6. The molecule has 1 aromatic heterocycles. The van der Waals surface area contributed by atoms with Gasteiger partial charge in [0, 0.05) is 23.9 Å². The van der Waals surface area contributed by atoms with Crippen LogP contribution in [0.3, 0.4) is 0 Å². The van der Waals surface area contributed by atoms with E-state index in [1.165, 1.54) is 11.3 Å². The topological polar surface area (TPSA) is 53.4 Å². The van der Waals surface area contributed by atoms with Gasteiger partial charge in [-0.05, 0) is 24.8 Å². The van der Waals surface area contributed by atoms with Crippen molar-refractivity contribution in [1.29, 1.82) is 0 Å². The van der Waals surface area contributed by atoms with Gasteiger partial charge in [0.2, 0.25) is 0 Å². The maximum Gasteiger partial charge on any atom is 0.273 e. The molecule has 4 rings (SSSR count). The van der Waals surface area contributed by atoms with Crippen molar-refractivity contribution in [3.05, 3.63) is 52.5 Å². The van der Waals surface area contributed by atoms with Crippen molar-refractivity contribution in [1.82, 2.24) is 9.88 Å². The molecule has 1 N–H and O–H groups in total. The number of benzene rings is 1. The average molecular weight is 342 g/mol. The third kappa shape index (κ3) is 2.56. The Morgan fingerprint density at radius 1 is 1.25 bits per heavy atom. The number of piperidine rings is 1. The number of carbonyl (C=O) groups is 1. The number of rotatable bonds is 2. The normalized spacial score (nSPS) is 30.0. The summed E-state index contributed by atoms with van der Waals surface area (Å²) in [5, 5.41) is 13.3. The van der Waals surface area contributed by atoms with E-state index in [0.29, 0.717) is 18.7 Å². The molecule has 1 aliphatic heterocycles. The van der Waals surface area contributed by atoms with Crippen LogP contribution in [0.4, 0.5) is 0 Å². The van der Waals surface area contributed by atoms with Crippen molar-refractivity contribution in [2.75, 3.05) is 6.54 Å². The highest BCUT2D eigenvalue weighted by Crippen LogP contribution is 2.47. The summed E-state index contributed by atoms with van der Waals surface area (Å²) in [6.45, 7) is 0.586. The van der Waals surface area contributed by atoms with Crippen LogP contribution < -0.4 is 0 Å². The van der Waals surface area contributed by atoms with E-state index in [4.69, 9.17) is 0 Å². The number of amides is 1. The van der Waals surface area contributed by atoms with E-state index < -0.39 is 5.60 Å². The highest BCUT2D eigenvalue weighted by Gasteiger charge is 2.50. The van der Waals surface area contributed by atoms with Crippen LogP contribution >= 0.6 is 11.3 Å². The van der Waals surface area contributed by atoms with Gasteiger partial charge in [0.1, 0.15) is 5.69 Å². The average Bonchev–Trinajstić information content (AvgIpc) is 3.17. The van der Waals surface area contributed by atoms with Crippen LogP contribution in [0, 0.1) is 5.92 Å². The summed E-state index contributed by atoms with van der Waals surface area (Å²) < 4.78 is 0. The van der Waals surface area contributed by atoms with E-state index in [1.807, 2.05) is 40.6 Å². The minimum atomic E-state index is -0.828. The van der Waals surface area contributed by atoms with Gasteiger partial charge in [-0.15, -0.1) is 11.3 Å². The van der Waals surface area contributed by atoms with Crippen molar-refractivity contribution in [3.8, 4) is 0 Å². The lowest BCUT2D eigenvalue weighted by atomic mass is 9.66. The van der Waals surface area contributed by atoms with E-state index in [9.17, 15) is 9.90 Å². The number of carbonyl (C=O) groups excluding carboxylic acids is 1. The summed E-state index contributed by atoms with van der Waals surface area (Å²) in [7, 11) is 0. The number of thiazole rings is 1. The Morgan fingerprint density at radius 3 is 2.79 bits per heavy atom. The molecular formula is C19H22N2O2S. The summed E-state index contributed by atoms with van der Waals surface area (Å²) in [5.41, 5.74) is 2.40. The Morgan fingerprint density at radius 2 is 2.04 bits per heavy atom. The van der Waals surface area contributed by atoms with Crippen molar-refractivity contribution in [2.24, 2.45) is 5.92 Å². The lowest BCUT2D eigenvalue weighted by molar-refractivity contribution is -0.110. The van der Waals surface area contributed by atoms with Gasteiger partial charge in [-0.2, -0.15) is 0 Å². The Bertz CT molecular complexity index is 703. The summed E-state index contributed by atoms with van der Waals surface area (Å²) in [4.78, 5) is 19.0. The van der Waals surface area contributed by atoms with E-state index >= 15 is 0 Å². The van der Waals surface area contributed by atoms with Crippen LogP contribution in [0.2, 0.25) is 0 Å². The van der Waals surface area contributed by atoms with Gasteiger partial charge in [-0.25, -0.2) is 4.98 Å². The van der Waals surface area contributed by atoms with Gasteiger partial charge in [-0.1, -0.05) is 43.2 Å². The van der Waals surface area contributed by atoms with Gasteiger partial charge in [0.15, 0.2) is 0 Å². The number of aliphatic hydroxyl groups is 1. The molecule has 0 spiro atoms. The van der Waals surface area contributed by atoms with E-state index in [1.54, 1.807) is 5.51 Å². The Kier molecular flexibility index (Phi) is 4.14. The molecule has 2 heterocycles. The number of hydrogen-bond acceptors (Lipinski definition) is 4. The van der Waals surface area contributed by atoms with E-state index in [0.717, 1.165) is 31.2 Å². The van der Waals surface area contributed by atoms with Crippen LogP contribution in [0.5, 0.6) is 0 Å². The fourth-order valence-corrected chi connectivity index (χ4v) is 5.01.